The second-order valence-corrected chi connectivity index (χ2v) is 9.86. The smallest absolute Gasteiger partial charge is 0.345 e. The lowest BCUT2D eigenvalue weighted by molar-refractivity contribution is -0.172. The van der Waals surface area contributed by atoms with E-state index in [1.54, 1.807) is 0 Å². The van der Waals surface area contributed by atoms with Crippen molar-refractivity contribution in [2.45, 2.75) is 56.8 Å². The molecular weight excluding hydrogens is 423 g/mol. The Labute approximate surface area is 172 Å². The Kier molecular flexibility index (Phi) is 5.90. The van der Waals surface area contributed by atoms with Gasteiger partial charge in [0.15, 0.2) is 5.82 Å². The summed E-state index contributed by atoms with van der Waals surface area (Å²) < 4.78 is 71.0. The molecule has 1 aliphatic heterocycles. The van der Waals surface area contributed by atoms with E-state index in [-0.39, 0.29) is 36.9 Å². The fourth-order valence-corrected chi connectivity index (χ4v) is 5.20. The minimum Gasteiger partial charge on any atom is -0.348 e. The maximum Gasteiger partial charge on any atom is 0.345 e. The molecule has 2 atom stereocenters. The third-order valence-corrected chi connectivity index (χ3v) is 7.12. The zero-order valence-electron chi connectivity index (χ0n) is 16.5. The average Bonchev–Trinajstić information content (AvgIpc) is 3.30. The summed E-state index contributed by atoms with van der Waals surface area (Å²) >= 11 is 0. The summed E-state index contributed by atoms with van der Waals surface area (Å²) in [5, 5.41) is 7.38. The van der Waals surface area contributed by atoms with E-state index in [0.29, 0.717) is 0 Å². The van der Waals surface area contributed by atoms with E-state index in [2.05, 4.69) is 20.1 Å². The van der Waals surface area contributed by atoms with E-state index >= 15 is 0 Å². The van der Waals surface area contributed by atoms with Gasteiger partial charge in [-0.3, -0.25) is 0 Å². The molecule has 1 saturated carbocycles. The first kappa shape index (κ1) is 21.3. The monoisotopic (exact) mass is 447 g/mol. The Morgan fingerprint density at radius 2 is 2.00 bits per heavy atom. The maximum atomic E-state index is 14.3. The van der Waals surface area contributed by atoms with Crippen LogP contribution in [0.2, 0.25) is 0 Å². The van der Waals surface area contributed by atoms with Crippen molar-refractivity contribution in [3.63, 3.8) is 0 Å². The van der Waals surface area contributed by atoms with E-state index < -0.39 is 34.6 Å². The number of alkyl halides is 2. The molecule has 1 N–H and O–H groups in total. The van der Waals surface area contributed by atoms with Gasteiger partial charge in [-0.25, -0.2) is 22.3 Å². The standard InChI is InChI=1S/C18H24F3N5O3S/c1-30(27,28)25-7-6-13(16(10-25)29-17(20)21)23-18-22-9-15-12(19)8-14(26(15)24-18)11-4-2-3-5-11/h8-9,11,13,16-17H,2-7,10H2,1H3,(H,23,24)/t13-,16-/m1/s1. The van der Waals surface area contributed by atoms with Gasteiger partial charge in [0, 0.05) is 24.7 Å². The third kappa shape index (κ3) is 4.40. The molecule has 3 heterocycles. The summed E-state index contributed by atoms with van der Waals surface area (Å²) in [6.07, 6.45) is 5.65. The highest BCUT2D eigenvalue weighted by atomic mass is 32.2. The molecule has 2 aliphatic rings. The molecule has 8 nitrogen and oxygen atoms in total. The number of piperidine rings is 1. The lowest BCUT2D eigenvalue weighted by Gasteiger charge is -2.37. The fourth-order valence-electron chi connectivity index (χ4n) is 4.34. The van der Waals surface area contributed by atoms with E-state index in [1.807, 2.05) is 0 Å². The molecule has 0 unspecified atom stereocenters. The summed E-state index contributed by atoms with van der Waals surface area (Å²) in [6, 6.07) is 0.863. The van der Waals surface area contributed by atoms with Crippen molar-refractivity contribution >= 4 is 21.5 Å². The normalized spacial score (nSPS) is 24.2. The highest BCUT2D eigenvalue weighted by Gasteiger charge is 2.36. The molecule has 166 valence electrons. The minimum atomic E-state index is -3.53. The van der Waals surface area contributed by atoms with E-state index in [0.717, 1.165) is 41.9 Å². The Bertz CT molecular complexity index is 1010. The van der Waals surface area contributed by atoms with Crippen molar-refractivity contribution in [3.8, 4) is 0 Å². The van der Waals surface area contributed by atoms with Gasteiger partial charge >= 0.3 is 6.61 Å². The first-order valence-corrected chi connectivity index (χ1v) is 11.8. The van der Waals surface area contributed by atoms with Crippen LogP contribution in [0.25, 0.3) is 5.52 Å². The molecule has 0 radical (unpaired) electrons. The Morgan fingerprint density at radius 1 is 1.27 bits per heavy atom. The Hall–Kier alpha value is -1.92. The van der Waals surface area contributed by atoms with Gasteiger partial charge < -0.3 is 10.1 Å². The molecule has 0 aromatic carbocycles. The number of sulfonamides is 1. The summed E-state index contributed by atoms with van der Waals surface area (Å²) in [4.78, 5) is 4.13. The number of aromatic nitrogens is 3. The molecule has 30 heavy (non-hydrogen) atoms. The highest BCUT2D eigenvalue weighted by molar-refractivity contribution is 7.88. The quantitative estimate of drug-likeness (QED) is 0.732. The molecule has 1 aliphatic carbocycles. The summed E-state index contributed by atoms with van der Waals surface area (Å²) in [7, 11) is -3.53. The van der Waals surface area contributed by atoms with Crippen molar-refractivity contribution in [1.82, 2.24) is 18.9 Å². The number of nitrogens with zero attached hydrogens (tertiary/aromatic N) is 4. The minimum absolute atomic E-state index is 0.151. The van der Waals surface area contributed by atoms with Crippen LogP contribution >= 0.6 is 0 Å². The highest BCUT2D eigenvalue weighted by Crippen LogP contribution is 2.35. The average molecular weight is 447 g/mol. The van der Waals surface area contributed by atoms with Crippen LogP contribution in [0.4, 0.5) is 19.1 Å². The number of ether oxygens (including phenoxy) is 1. The van der Waals surface area contributed by atoms with Crippen LogP contribution < -0.4 is 5.32 Å². The van der Waals surface area contributed by atoms with E-state index in [4.69, 9.17) is 0 Å². The molecular formula is C18H24F3N5O3S. The van der Waals surface area contributed by atoms with Gasteiger partial charge in [0.2, 0.25) is 16.0 Å². The van der Waals surface area contributed by atoms with Gasteiger partial charge in [-0.05, 0) is 25.3 Å². The Morgan fingerprint density at radius 3 is 2.67 bits per heavy atom. The van der Waals surface area contributed by atoms with Crippen molar-refractivity contribution in [3.05, 3.63) is 23.8 Å². The second-order valence-electron chi connectivity index (χ2n) is 7.87. The number of hydrogen-bond acceptors (Lipinski definition) is 6. The van der Waals surface area contributed by atoms with Crippen LogP contribution in [0.15, 0.2) is 12.3 Å². The van der Waals surface area contributed by atoms with Gasteiger partial charge in [-0.15, -0.1) is 5.10 Å². The van der Waals surface area contributed by atoms with Gasteiger partial charge in [0.25, 0.3) is 0 Å². The van der Waals surface area contributed by atoms with Crippen molar-refractivity contribution in [2.24, 2.45) is 0 Å². The first-order chi connectivity index (χ1) is 14.2. The molecule has 2 aromatic heterocycles. The summed E-state index contributed by atoms with van der Waals surface area (Å²) in [6.45, 7) is -3.09. The van der Waals surface area contributed by atoms with Crippen LogP contribution in [-0.2, 0) is 14.8 Å². The molecule has 12 heteroatoms. The van der Waals surface area contributed by atoms with Crippen LogP contribution in [0, 0.1) is 5.82 Å². The first-order valence-electron chi connectivity index (χ1n) is 9.92. The van der Waals surface area contributed by atoms with Gasteiger partial charge in [-0.1, -0.05) is 12.8 Å². The Balaban J connectivity index is 1.58. The van der Waals surface area contributed by atoms with E-state index in [9.17, 15) is 21.6 Å². The predicted octanol–water partition coefficient (Wildman–Crippen LogP) is 2.58. The number of anilines is 1. The number of halogens is 3. The molecule has 2 fully saturated rings. The summed E-state index contributed by atoms with van der Waals surface area (Å²) in [5.41, 5.74) is 1.03. The largest absolute Gasteiger partial charge is 0.348 e. The molecule has 4 rings (SSSR count). The molecule has 2 aromatic rings. The van der Waals surface area contributed by atoms with Crippen LogP contribution in [-0.4, -0.2) is 65.4 Å². The van der Waals surface area contributed by atoms with Crippen molar-refractivity contribution < 1.29 is 26.3 Å². The van der Waals surface area contributed by atoms with Gasteiger partial charge in [0.05, 0.1) is 24.6 Å². The fraction of sp³-hybridized carbons (Fsp3) is 0.667. The zero-order chi connectivity index (χ0) is 21.5. The van der Waals surface area contributed by atoms with Crippen LogP contribution in [0.1, 0.15) is 43.7 Å². The van der Waals surface area contributed by atoms with Gasteiger partial charge in [-0.2, -0.15) is 13.1 Å². The van der Waals surface area contributed by atoms with Crippen molar-refractivity contribution in [1.29, 1.82) is 0 Å². The van der Waals surface area contributed by atoms with Gasteiger partial charge in [0.1, 0.15) is 5.52 Å². The third-order valence-electron chi connectivity index (χ3n) is 5.85. The second kappa shape index (κ2) is 8.31. The lowest BCUT2D eigenvalue weighted by atomic mass is 10.0. The van der Waals surface area contributed by atoms with E-state index in [1.165, 1.54) is 16.8 Å². The van der Waals surface area contributed by atoms with Crippen LogP contribution in [0.5, 0.6) is 0 Å². The van der Waals surface area contributed by atoms with Crippen LogP contribution in [0.3, 0.4) is 0 Å². The number of nitrogens with one attached hydrogen (secondary N) is 1. The number of hydrogen-bond donors (Lipinski definition) is 1. The molecule has 1 saturated heterocycles. The zero-order valence-corrected chi connectivity index (χ0v) is 17.3. The molecule has 0 spiro atoms. The molecule has 0 bridgehead atoms. The summed E-state index contributed by atoms with van der Waals surface area (Å²) in [5.74, 6) is -0.0282. The maximum absolute atomic E-state index is 14.3. The SMILES string of the molecule is CS(=O)(=O)N1CC[C@@H](Nc2ncc3c(F)cc(C4CCCC4)n3n2)[C@H](OC(F)F)C1. The topological polar surface area (TPSA) is 88.8 Å². The van der Waals surface area contributed by atoms with Crippen molar-refractivity contribution in [2.75, 3.05) is 24.7 Å². The predicted molar refractivity (Wildman–Crippen MR) is 103 cm³/mol. The molecule has 0 amide bonds. The number of rotatable bonds is 6. The number of fused-ring (bicyclic) bond motifs is 1. The lowest BCUT2D eigenvalue weighted by Crippen LogP contribution is -2.53.